The van der Waals surface area contributed by atoms with Crippen molar-refractivity contribution in [2.45, 2.75) is 38.8 Å². The first-order valence-corrected chi connectivity index (χ1v) is 11.0. The number of carbonyl (C=O) groups excluding carboxylic acids is 2. The summed E-state index contributed by atoms with van der Waals surface area (Å²) in [7, 11) is 1.54. The molecule has 1 N–H and O–H groups in total. The molecule has 0 saturated carbocycles. The fourth-order valence-corrected chi connectivity index (χ4v) is 4.41. The Morgan fingerprint density at radius 2 is 1.97 bits per heavy atom. The number of hydrogen-bond acceptors (Lipinski definition) is 5. The van der Waals surface area contributed by atoms with Gasteiger partial charge in [0.1, 0.15) is 12.4 Å². The molecule has 8 heteroatoms. The van der Waals surface area contributed by atoms with Crippen molar-refractivity contribution in [1.29, 1.82) is 0 Å². The second kappa shape index (κ2) is 9.94. The number of halogens is 1. The van der Waals surface area contributed by atoms with E-state index in [2.05, 4.69) is 5.32 Å². The van der Waals surface area contributed by atoms with Gasteiger partial charge in [-0.25, -0.2) is 4.39 Å². The van der Waals surface area contributed by atoms with Gasteiger partial charge in [0.25, 0.3) is 5.91 Å². The number of aromatic nitrogens is 1. The van der Waals surface area contributed by atoms with E-state index in [-0.39, 0.29) is 36.9 Å². The third-order valence-corrected chi connectivity index (χ3v) is 5.81. The molecule has 0 saturated heterocycles. The van der Waals surface area contributed by atoms with Crippen LogP contribution in [0.1, 0.15) is 24.6 Å². The van der Waals surface area contributed by atoms with E-state index in [1.54, 1.807) is 32.2 Å². The Labute approximate surface area is 191 Å². The molecular formula is C25H27FN2O5. The van der Waals surface area contributed by atoms with Gasteiger partial charge in [-0.1, -0.05) is 12.1 Å². The van der Waals surface area contributed by atoms with Gasteiger partial charge in [0, 0.05) is 22.6 Å². The van der Waals surface area contributed by atoms with Gasteiger partial charge in [0.05, 0.1) is 13.7 Å². The fourth-order valence-electron chi connectivity index (χ4n) is 4.41. The molecule has 33 heavy (non-hydrogen) atoms. The van der Waals surface area contributed by atoms with Gasteiger partial charge in [0.15, 0.2) is 18.1 Å². The summed E-state index contributed by atoms with van der Waals surface area (Å²) in [6.45, 7) is 2.01. The van der Waals surface area contributed by atoms with Crippen LogP contribution in [-0.4, -0.2) is 42.8 Å². The van der Waals surface area contributed by atoms with Crippen molar-refractivity contribution in [2.24, 2.45) is 0 Å². The van der Waals surface area contributed by atoms with Crippen LogP contribution in [0.5, 0.6) is 11.5 Å². The number of para-hydroxylation sites is 2. The van der Waals surface area contributed by atoms with Gasteiger partial charge < -0.3 is 24.1 Å². The monoisotopic (exact) mass is 454 g/mol. The molecule has 1 heterocycles. The lowest BCUT2D eigenvalue weighted by Crippen LogP contribution is -2.41. The number of amides is 1. The molecule has 2 aromatic carbocycles. The van der Waals surface area contributed by atoms with Crippen molar-refractivity contribution in [3.05, 3.63) is 59.5 Å². The zero-order valence-electron chi connectivity index (χ0n) is 18.7. The van der Waals surface area contributed by atoms with Crippen molar-refractivity contribution in [1.82, 2.24) is 9.88 Å². The summed E-state index contributed by atoms with van der Waals surface area (Å²) >= 11 is 0. The predicted octanol–water partition coefficient (Wildman–Crippen LogP) is 3.40. The minimum atomic E-state index is -0.338. The zero-order chi connectivity index (χ0) is 23.4. The Hall–Kier alpha value is -3.55. The van der Waals surface area contributed by atoms with Gasteiger partial charge in [-0.05, 0) is 62.1 Å². The lowest BCUT2D eigenvalue weighted by Gasteiger charge is -2.25. The van der Waals surface area contributed by atoms with Crippen molar-refractivity contribution in [3.8, 4) is 11.5 Å². The third-order valence-electron chi connectivity index (χ3n) is 5.81. The first-order valence-electron chi connectivity index (χ1n) is 11.0. The molecule has 1 aliphatic rings. The van der Waals surface area contributed by atoms with E-state index in [4.69, 9.17) is 14.2 Å². The number of benzene rings is 2. The average molecular weight is 454 g/mol. The van der Waals surface area contributed by atoms with Gasteiger partial charge in [-0.15, -0.1) is 0 Å². The van der Waals surface area contributed by atoms with E-state index in [1.807, 2.05) is 16.7 Å². The highest BCUT2D eigenvalue weighted by molar-refractivity contribution is 5.87. The second-order valence-electron chi connectivity index (χ2n) is 7.92. The van der Waals surface area contributed by atoms with Crippen molar-refractivity contribution < 1.29 is 28.2 Å². The molecule has 1 aromatic heterocycles. The summed E-state index contributed by atoms with van der Waals surface area (Å²) in [6, 6.07) is 11.6. The number of nitrogens with zero attached hydrogens (tertiary/aromatic N) is 1. The van der Waals surface area contributed by atoms with Crippen molar-refractivity contribution in [2.75, 3.05) is 20.3 Å². The van der Waals surface area contributed by atoms with E-state index in [1.165, 1.54) is 12.1 Å². The molecule has 0 aliphatic heterocycles. The number of esters is 1. The summed E-state index contributed by atoms with van der Waals surface area (Å²) in [5, 5.41) is 3.78. The molecule has 1 unspecified atom stereocenters. The van der Waals surface area contributed by atoms with Crippen LogP contribution in [0.15, 0.2) is 42.5 Å². The van der Waals surface area contributed by atoms with Crippen LogP contribution in [-0.2, 0) is 33.7 Å². The van der Waals surface area contributed by atoms with E-state index in [0.29, 0.717) is 37.4 Å². The van der Waals surface area contributed by atoms with Crippen LogP contribution < -0.4 is 14.8 Å². The standard InChI is InChI=1S/C25H27FN2O5/c1-3-32-25(30)14-28-20-10-8-16(26)12-18(20)19-13-17(9-11-21(19)28)27-24(29)15-33-23-7-5-4-6-22(23)31-2/h4-8,10,12,17H,3,9,11,13-15H2,1-2H3,(H,27,29). The summed E-state index contributed by atoms with van der Waals surface area (Å²) in [6.07, 6.45) is 1.91. The highest BCUT2D eigenvalue weighted by atomic mass is 19.1. The molecule has 1 amide bonds. The van der Waals surface area contributed by atoms with E-state index in [0.717, 1.165) is 22.2 Å². The molecule has 0 spiro atoms. The maximum absolute atomic E-state index is 14.0. The first kappa shape index (κ1) is 22.6. The van der Waals surface area contributed by atoms with Crippen LogP contribution in [0.25, 0.3) is 10.9 Å². The average Bonchev–Trinajstić information content (AvgIpc) is 3.10. The molecule has 3 aromatic rings. The molecular weight excluding hydrogens is 427 g/mol. The fraction of sp³-hybridized carbons (Fsp3) is 0.360. The smallest absolute Gasteiger partial charge is 0.325 e. The number of rotatable bonds is 8. The molecule has 1 aliphatic carbocycles. The number of fused-ring (bicyclic) bond motifs is 3. The van der Waals surface area contributed by atoms with Gasteiger partial charge in [-0.2, -0.15) is 0 Å². The Morgan fingerprint density at radius 3 is 2.73 bits per heavy atom. The Kier molecular flexibility index (Phi) is 6.82. The van der Waals surface area contributed by atoms with E-state index in [9.17, 15) is 14.0 Å². The molecule has 7 nitrogen and oxygen atoms in total. The van der Waals surface area contributed by atoms with Crippen molar-refractivity contribution >= 4 is 22.8 Å². The molecule has 174 valence electrons. The maximum atomic E-state index is 14.0. The largest absolute Gasteiger partial charge is 0.493 e. The Morgan fingerprint density at radius 1 is 1.18 bits per heavy atom. The minimum Gasteiger partial charge on any atom is -0.493 e. The van der Waals surface area contributed by atoms with Crippen molar-refractivity contribution in [3.63, 3.8) is 0 Å². The Balaban J connectivity index is 1.48. The number of methoxy groups -OCH3 is 1. The minimum absolute atomic E-state index is 0.0785. The van der Waals surface area contributed by atoms with Gasteiger partial charge >= 0.3 is 5.97 Å². The van der Waals surface area contributed by atoms with Gasteiger partial charge in [0.2, 0.25) is 0 Å². The molecule has 0 fully saturated rings. The number of nitrogens with one attached hydrogen (secondary N) is 1. The molecule has 1 atom stereocenters. The number of hydrogen-bond donors (Lipinski definition) is 1. The summed E-state index contributed by atoms with van der Waals surface area (Å²) in [5.74, 6) is 0.152. The molecule has 0 radical (unpaired) electrons. The normalized spacial score (nSPS) is 15.1. The third kappa shape index (κ3) is 4.94. The summed E-state index contributed by atoms with van der Waals surface area (Å²) < 4.78 is 31.9. The van der Waals surface area contributed by atoms with Crippen LogP contribution in [0.3, 0.4) is 0 Å². The predicted molar refractivity (Wildman–Crippen MR) is 121 cm³/mol. The van der Waals surface area contributed by atoms with Gasteiger partial charge in [-0.3, -0.25) is 9.59 Å². The molecule has 0 bridgehead atoms. The second-order valence-corrected chi connectivity index (χ2v) is 7.92. The van der Waals surface area contributed by atoms with Crippen LogP contribution in [0.2, 0.25) is 0 Å². The van der Waals surface area contributed by atoms with E-state index < -0.39 is 0 Å². The summed E-state index contributed by atoms with van der Waals surface area (Å²) in [4.78, 5) is 24.7. The maximum Gasteiger partial charge on any atom is 0.325 e. The number of carbonyl (C=O) groups is 2. The Bertz CT molecular complexity index is 1170. The SMILES string of the molecule is CCOC(=O)Cn1c2c(c3cc(F)ccc31)CC(NC(=O)COc1ccccc1OC)CC2. The van der Waals surface area contributed by atoms with Crippen LogP contribution in [0, 0.1) is 5.82 Å². The lowest BCUT2D eigenvalue weighted by molar-refractivity contribution is -0.143. The first-order chi connectivity index (χ1) is 16.0. The zero-order valence-corrected chi connectivity index (χ0v) is 18.7. The molecule has 4 rings (SSSR count). The quantitative estimate of drug-likeness (QED) is 0.528. The topological polar surface area (TPSA) is 78.8 Å². The highest BCUT2D eigenvalue weighted by Gasteiger charge is 2.27. The lowest BCUT2D eigenvalue weighted by atomic mass is 9.91. The van der Waals surface area contributed by atoms with E-state index >= 15 is 0 Å². The van der Waals surface area contributed by atoms with Crippen LogP contribution >= 0.6 is 0 Å². The number of ether oxygens (including phenoxy) is 3. The highest BCUT2D eigenvalue weighted by Crippen LogP contribution is 2.33. The van der Waals surface area contributed by atoms with Crippen LogP contribution in [0.4, 0.5) is 4.39 Å². The summed E-state index contributed by atoms with van der Waals surface area (Å²) in [5.41, 5.74) is 2.73.